The predicted molar refractivity (Wildman–Crippen MR) is 93.1 cm³/mol. The maximum Gasteiger partial charge on any atom is 0.278 e. The Morgan fingerprint density at radius 1 is 1.19 bits per heavy atom. The maximum atomic E-state index is 13.1. The normalized spacial score (nSPS) is 16.2. The number of nitrogens with zero attached hydrogens (tertiary/aromatic N) is 3. The van der Waals surface area contributed by atoms with Gasteiger partial charge in [0.2, 0.25) is 0 Å². The Labute approximate surface area is 149 Å². The third-order valence-electron chi connectivity index (χ3n) is 4.36. The molecule has 0 bridgehead atoms. The second-order valence-corrected chi connectivity index (χ2v) is 6.24. The Balaban J connectivity index is 1.51. The first-order chi connectivity index (χ1) is 12.6. The van der Waals surface area contributed by atoms with Crippen LogP contribution in [-0.2, 0) is 17.9 Å². The van der Waals surface area contributed by atoms with Crippen LogP contribution in [0, 0.1) is 12.7 Å². The van der Waals surface area contributed by atoms with Gasteiger partial charge in [0.15, 0.2) is 5.69 Å². The smallest absolute Gasteiger partial charge is 0.278 e. The second kappa shape index (κ2) is 6.68. The number of aryl methyl sites for hydroxylation is 1. The van der Waals surface area contributed by atoms with Gasteiger partial charge in [-0.3, -0.25) is 4.79 Å². The van der Waals surface area contributed by atoms with Crippen molar-refractivity contribution < 1.29 is 13.9 Å². The van der Waals surface area contributed by atoms with Gasteiger partial charge >= 0.3 is 0 Å². The van der Waals surface area contributed by atoms with Crippen molar-refractivity contribution in [3.05, 3.63) is 76.9 Å². The number of carbonyl (C=O) groups is 1. The summed E-state index contributed by atoms with van der Waals surface area (Å²) in [7, 11) is 0. The number of anilines is 1. The summed E-state index contributed by atoms with van der Waals surface area (Å²) in [5.41, 5.74) is 3.56. The molecule has 3 aromatic rings. The first-order valence-corrected chi connectivity index (χ1v) is 8.27. The zero-order valence-electron chi connectivity index (χ0n) is 14.1. The molecule has 1 amide bonds. The zero-order valence-corrected chi connectivity index (χ0v) is 14.1. The van der Waals surface area contributed by atoms with E-state index in [0.717, 1.165) is 11.1 Å². The number of fused-ring (bicyclic) bond motifs is 1. The first-order valence-electron chi connectivity index (χ1n) is 8.27. The molecule has 26 heavy (non-hydrogen) atoms. The molecule has 0 radical (unpaired) electrons. The molecule has 2 heterocycles. The first kappa shape index (κ1) is 16.4. The van der Waals surface area contributed by atoms with Crippen molar-refractivity contribution in [2.45, 2.75) is 26.2 Å². The molecular weight excluding hydrogens is 335 g/mol. The molecule has 132 valence electrons. The summed E-state index contributed by atoms with van der Waals surface area (Å²) in [6, 6.07) is 13.7. The van der Waals surface area contributed by atoms with E-state index in [-0.39, 0.29) is 30.1 Å². The number of aromatic nitrogens is 3. The van der Waals surface area contributed by atoms with Gasteiger partial charge in [0.25, 0.3) is 5.91 Å². The molecule has 1 N–H and O–H groups in total. The average molecular weight is 352 g/mol. The lowest BCUT2D eigenvalue weighted by atomic mass is 10.1. The molecular formula is C19H17FN4O2. The van der Waals surface area contributed by atoms with Crippen molar-refractivity contribution in [2.24, 2.45) is 0 Å². The van der Waals surface area contributed by atoms with E-state index in [9.17, 15) is 9.18 Å². The van der Waals surface area contributed by atoms with Crippen LogP contribution in [-0.4, -0.2) is 20.9 Å². The average Bonchev–Trinajstić information content (AvgIpc) is 3.07. The summed E-state index contributed by atoms with van der Waals surface area (Å²) >= 11 is 0. The van der Waals surface area contributed by atoms with Crippen molar-refractivity contribution in [2.75, 3.05) is 5.32 Å². The molecule has 2 aromatic carbocycles. The highest BCUT2D eigenvalue weighted by atomic mass is 19.1. The summed E-state index contributed by atoms with van der Waals surface area (Å²) in [5.74, 6) is -0.611. The standard InChI is InChI=1S/C19H17FN4O2/c1-12-2-8-15(9-3-12)21-19(25)18-16-11-26-17(10-24(16)23-22-18)13-4-6-14(20)7-5-13/h2-9,17H,10-11H2,1H3,(H,21,25)/t17-/m1/s1. The van der Waals surface area contributed by atoms with Gasteiger partial charge in [-0.1, -0.05) is 35.0 Å². The quantitative estimate of drug-likeness (QED) is 0.786. The topological polar surface area (TPSA) is 69.0 Å². The third-order valence-corrected chi connectivity index (χ3v) is 4.36. The minimum absolute atomic E-state index is 0.214. The number of nitrogens with one attached hydrogen (secondary N) is 1. The number of ether oxygens (including phenoxy) is 1. The van der Waals surface area contributed by atoms with Crippen LogP contribution >= 0.6 is 0 Å². The van der Waals surface area contributed by atoms with E-state index < -0.39 is 0 Å². The number of amides is 1. The van der Waals surface area contributed by atoms with Crippen molar-refractivity contribution in [1.82, 2.24) is 15.0 Å². The van der Waals surface area contributed by atoms with Gasteiger partial charge < -0.3 is 10.1 Å². The highest BCUT2D eigenvalue weighted by Crippen LogP contribution is 2.27. The summed E-state index contributed by atoms with van der Waals surface area (Å²) < 4.78 is 20.6. The van der Waals surface area contributed by atoms with Crippen molar-refractivity contribution in [3.63, 3.8) is 0 Å². The van der Waals surface area contributed by atoms with E-state index in [4.69, 9.17) is 4.74 Å². The molecule has 7 heteroatoms. The van der Waals surface area contributed by atoms with E-state index in [2.05, 4.69) is 15.6 Å². The van der Waals surface area contributed by atoms with Gasteiger partial charge in [0.05, 0.1) is 18.8 Å². The monoisotopic (exact) mass is 352 g/mol. The zero-order chi connectivity index (χ0) is 18.1. The predicted octanol–water partition coefficient (Wildman–Crippen LogP) is 3.25. The molecule has 0 fully saturated rings. The van der Waals surface area contributed by atoms with Crippen molar-refractivity contribution in [1.29, 1.82) is 0 Å². The van der Waals surface area contributed by atoms with E-state index in [1.54, 1.807) is 16.8 Å². The maximum absolute atomic E-state index is 13.1. The van der Waals surface area contributed by atoms with Gasteiger partial charge in [-0.05, 0) is 36.8 Å². The molecule has 1 atom stereocenters. The Kier molecular flexibility index (Phi) is 4.22. The number of hydrogen-bond acceptors (Lipinski definition) is 4. The summed E-state index contributed by atoms with van der Waals surface area (Å²) in [6.45, 7) is 2.62. The van der Waals surface area contributed by atoms with Crippen LogP contribution in [0.3, 0.4) is 0 Å². The van der Waals surface area contributed by atoms with Gasteiger partial charge in [-0.25, -0.2) is 9.07 Å². The van der Waals surface area contributed by atoms with Crippen LogP contribution in [0.1, 0.15) is 33.4 Å². The van der Waals surface area contributed by atoms with Crippen LogP contribution in [0.4, 0.5) is 10.1 Å². The number of rotatable bonds is 3. The van der Waals surface area contributed by atoms with Crippen LogP contribution in [0.2, 0.25) is 0 Å². The van der Waals surface area contributed by atoms with Gasteiger partial charge in [0, 0.05) is 5.69 Å². The number of carbonyl (C=O) groups excluding carboxylic acids is 1. The molecule has 1 aromatic heterocycles. The third kappa shape index (κ3) is 3.21. The van der Waals surface area contributed by atoms with E-state index in [1.165, 1.54) is 12.1 Å². The SMILES string of the molecule is Cc1ccc(NC(=O)c2nnn3c2CO[C@@H](c2ccc(F)cc2)C3)cc1. The fourth-order valence-corrected chi connectivity index (χ4v) is 2.89. The lowest BCUT2D eigenvalue weighted by Gasteiger charge is -2.24. The van der Waals surface area contributed by atoms with Crippen molar-refractivity contribution in [3.8, 4) is 0 Å². The molecule has 6 nitrogen and oxygen atoms in total. The van der Waals surface area contributed by atoms with Crippen LogP contribution in [0.25, 0.3) is 0 Å². The summed E-state index contributed by atoms with van der Waals surface area (Å²) in [5, 5.41) is 10.9. The largest absolute Gasteiger partial charge is 0.365 e. The van der Waals surface area contributed by atoms with Crippen LogP contribution in [0.15, 0.2) is 48.5 Å². The highest BCUT2D eigenvalue weighted by molar-refractivity contribution is 6.03. The number of benzene rings is 2. The molecule has 0 aliphatic carbocycles. The molecule has 0 unspecified atom stereocenters. The van der Waals surface area contributed by atoms with Gasteiger partial charge in [-0.2, -0.15) is 0 Å². The number of halogens is 1. The Morgan fingerprint density at radius 2 is 1.92 bits per heavy atom. The summed E-state index contributed by atoms with van der Waals surface area (Å²) in [6.07, 6.45) is -0.252. The Hall–Kier alpha value is -3.06. The van der Waals surface area contributed by atoms with E-state index in [1.807, 2.05) is 31.2 Å². The molecule has 0 saturated heterocycles. The minimum Gasteiger partial charge on any atom is -0.365 e. The van der Waals surface area contributed by atoms with Crippen LogP contribution < -0.4 is 5.32 Å². The van der Waals surface area contributed by atoms with E-state index in [0.29, 0.717) is 17.9 Å². The Morgan fingerprint density at radius 3 is 2.65 bits per heavy atom. The summed E-state index contributed by atoms with van der Waals surface area (Å²) in [4.78, 5) is 12.5. The molecule has 1 aliphatic rings. The lowest BCUT2D eigenvalue weighted by molar-refractivity contribution is -0.00174. The number of hydrogen-bond donors (Lipinski definition) is 1. The Bertz CT molecular complexity index is 935. The molecule has 0 spiro atoms. The fourth-order valence-electron chi connectivity index (χ4n) is 2.89. The highest BCUT2D eigenvalue weighted by Gasteiger charge is 2.27. The molecule has 0 saturated carbocycles. The van der Waals surface area contributed by atoms with Gasteiger partial charge in [0.1, 0.15) is 11.9 Å². The fraction of sp³-hybridized carbons (Fsp3) is 0.211. The molecule has 1 aliphatic heterocycles. The van der Waals surface area contributed by atoms with E-state index >= 15 is 0 Å². The van der Waals surface area contributed by atoms with Crippen LogP contribution in [0.5, 0.6) is 0 Å². The molecule has 4 rings (SSSR count). The lowest BCUT2D eigenvalue weighted by Crippen LogP contribution is -2.24. The second-order valence-electron chi connectivity index (χ2n) is 6.24. The van der Waals surface area contributed by atoms with Gasteiger partial charge in [-0.15, -0.1) is 5.10 Å². The van der Waals surface area contributed by atoms with Crippen molar-refractivity contribution >= 4 is 11.6 Å². The minimum atomic E-state index is -0.320.